The van der Waals surface area contributed by atoms with Crippen LogP contribution in [0.5, 0.6) is 5.75 Å². The number of aromatic hydroxyl groups is 1. The molecule has 5 amide bonds. The van der Waals surface area contributed by atoms with E-state index in [1.165, 1.54) is 19.2 Å². The number of methoxy groups -OCH3 is 1. The number of phenolic OH excluding ortho intramolecular Hbond substituents is 1. The molecule has 3 rings (SSSR count). The van der Waals surface area contributed by atoms with Gasteiger partial charge in [-0.05, 0) is 48.4 Å². The molecule has 0 saturated heterocycles. The number of carbonyl (C=O) groups is 6. The van der Waals surface area contributed by atoms with Gasteiger partial charge in [-0.3, -0.25) is 28.8 Å². The smallest absolute Gasteiger partial charge is 0.323 e. The number of ether oxygens (including phenoxy) is 1. The molecule has 0 saturated carbocycles. The van der Waals surface area contributed by atoms with E-state index in [4.69, 9.17) is 11.5 Å². The fourth-order valence-corrected chi connectivity index (χ4v) is 5.49. The molecule has 55 heavy (non-hydrogen) atoms. The second kappa shape index (κ2) is 22.4. The van der Waals surface area contributed by atoms with E-state index in [1.807, 2.05) is 24.5 Å². The number of aromatic nitrogens is 2. The predicted molar refractivity (Wildman–Crippen MR) is 203 cm³/mol. The van der Waals surface area contributed by atoms with Crippen molar-refractivity contribution in [1.29, 1.82) is 0 Å². The fraction of sp³-hybridized carbons (Fsp3) is 0.447. The number of nitrogens with one attached hydrogen (secondary N) is 5. The molecule has 17 nitrogen and oxygen atoms in total. The van der Waals surface area contributed by atoms with Gasteiger partial charge in [-0.1, -0.05) is 56.3 Å². The summed E-state index contributed by atoms with van der Waals surface area (Å²) < 4.78 is 6.48. The average Bonchev–Trinajstić information content (AvgIpc) is 3.61. The number of hydrogen-bond acceptors (Lipinski definition) is 11. The predicted octanol–water partition coefficient (Wildman–Crippen LogP) is -0.801. The third kappa shape index (κ3) is 16.0. The van der Waals surface area contributed by atoms with Crippen LogP contribution < -0.4 is 38.1 Å². The maximum Gasteiger partial charge on any atom is 0.323 e. The van der Waals surface area contributed by atoms with Gasteiger partial charge in [0.05, 0.1) is 38.3 Å². The van der Waals surface area contributed by atoms with E-state index in [0.29, 0.717) is 31.6 Å². The molecule has 17 heteroatoms. The first-order valence-corrected chi connectivity index (χ1v) is 18.1. The third-order valence-corrected chi connectivity index (χ3v) is 8.38. The van der Waals surface area contributed by atoms with Gasteiger partial charge in [-0.2, -0.15) is 0 Å². The Morgan fingerprint density at radius 1 is 0.764 bits per heavy atom. The van der Waals surface area contributed by atoms with Crippen molar-refractivity contribution in [1.82, 2.24) is 36.1 Å². The summed E-state index contributed by atoms with van der Waals surface area (Å²) in [5.74, 6) is -3.21. The van der Waals surface area contributed by atoms with E-state index >= 15 is 0 Å². The second-order valence-corrected chi connectivity index (χ2v) is 13.6. The van der Waals surface area contributed by atoms with Gasteiger partial charge in [0, 0.05) is 32.1 Å². The van der Waals surface area contributed by atoms with Crippen molar-refractivity contribution < 1.29 is 38.6 Å². The lowest BCUT2D eigenvalue weighted by Crippen LogP contribution is -2.56. The van der Waals surface area contributed by atoms with Gasteiger partial charge in [-0.25, -0.2) is 4.98 Å². The number of imidazole rings is 1. The lowest BCUT2D eigenvalue weighted by Gasteiger charge is -2.24. The minimum atomic E-state index is -1.07. The number of rotatable bonds is 22. The first-order chi connectivity index (χ1) is 26.2. The molecular formula is C38H53N9O8. The Bertz CT molecular complexity index is 1720. The highest BCUT2D eigenvalue weighted by molar-refractivity contribution is 5.94. The Balaban J connectivity index is 1.51. The van der Waals surface area contributed by atoms with Gasteiger partial charge in [0.1, 0.15) is 23.9 Å². The Hall–Kier alpha value is -5.81. The largest absolute Gasteiger partial charge is 0.508 e. The van der Waals surface area contributed by atoms with Crippen LogP contribution in [-0.2, 0) is 59.3 Å². The van der Waals surface area contributed by atoms with Crippen molar-refractivity contribution >= 4 is 35.5 Å². The molecule has 4 atom stereocenters. The van der Waals surface area contributed by atoms with Crippen molar-refractivity contribution in [2.75, 3.05) is 26.7 Å². The second-order valence-electron chi connectivity index (χ2n) is 13.6. The van der Waals surface area contributed by atoms with Crippen molar-refractivity contribution in [2.45, 2.75) is 76.7 Å². The summed E-state index contributed by atoms with van der Waals surface area (Å²) in [6.45, 7) is 3.79. The van der Waals surface area contributed by atoms with E-state index in [-0.39, 0.29) is 36.8 Å². The van der Waals surface area contributed by atoms with E-state index in [9.17, 15) is 33.9 Å². The van der Waals surface area contributed by atoms with E-state index in [0.717, 1.165) is 11.1 Å². The quantitative estimate of drug-likeness (QED) is 0.0464. The summed E-state index contributed by atoms with van der Waals surface area (Å²) >= 11 is 0. The number of phenols is 1. The molecule has 1 aromatic heterocycles. The highest BCUT2D eigenvalue weighted by Crippen LogP contribution is 2.11. The van der Waals surface area contributed by atoms with Crippen LogP contribution in [0.3, 0.4) is 0 Å². The molecule has 0 unspecified atom stereocenters. The zero-order chi connectivity index (χ0) is 40.3. The molecule has 1 heterocycles. The van der Waals surface area contributed by atoms with Crippen LogP contribution in [0, 0.1) is 5.92 Å². The Morgan fingerprint density at radius 2 is 1.44 bits per heavy atom. The highest BCUT2D eigenvalue weighted by Gasteiger charge is 2.28. The molecule has 3 aromatic rings. The summed E-state index contributed by atoms with van der Waals surface area (Å²) in [6, 6.07) is 11.5. The molecule has 298 valence electrons. The number of carbonyl (C=O) groups excluding carboxylic acids is 6. The molecule has 0 spiro atoms. The maximum atomic E-state index is 13.6. The number of esters is 1. The molecule has 0 aliphatic carbocycles. The lowest BCUT2D eigenvalue weighted by molar-refractivity contribution is -0.142. The summed E-state index contributed by atoms with van der Waals surface area (Å²) in [5.41, 5.74) is 13.9. The van der Waals surface area contributed by atoms with Crippen LogP contribution in [0.2, 0.25) is 0 Å². The van der Waals surface area contributed by atoms with Gasteiger partial charge >= 0.3 is 5.97 Å². The third-order valence-electron chi connectivity index (χ3n) is 8.38. The zero-order valence-corrected chi connectivity index (χ0v) is 31.5. The van der Waals surface area contributed by atoms with E-state index in [1.54, 1.807) is 48.9 Å². The standard InChI is InChI=1S/C38H53N9O8/c1-24(2)16-31(36(52)41-14-7-15-47-22-27(44-23-47)19-30(40)38(54)55-3)46-37(53)32(18-25-8-5-4-6-9-25)45-34(50)21-42-33(49)20-43-35(51)29(39)17-26-10-12-28(48)13-11-26/h4-6,8-13,22-24,29-32,48H,7,14-21,39-40H2,1-3H3,(H,41,52)(H,42,49)(H,43,51)(H,45,50)(H,46,53)/t29-,30-,31-,32-/m0/s1. The van der Waals surface area contributed by atoms with E-state index < -0.39 is 66.9 Å². The lowest BCUT2D eigenvalue weighted by atomic mass is 10.0. The number of benzene rings is 2. The van der Waals surface area contributed by atoms with E-state index in [2.05, 4.69) is 36.3 Å². The molecule has 0 fully saturated rings. The molecule has 2 aromatic carbocycles. The minimum Gasteiger partial charge on any atom is -0.508 e. The molecule has 0 aliphatic heterocycles. The van der Waals surface area contributed by atoms with Gasteiger partial charge in [0.2, 0.25) is 29.5 Å². The topological polar surface area (TPSA) is 262 Å². The van der Waals surface area contributed by atoms with Crippen LogP contribution in [0.25, 0.3) is 0 Å². The Morgan fingerprint density at radius 3 is 2.11 bits per heavy atom. The van der Waals surface area contributed by atoms with Crippen LogP contribution in [-0.4, -0.2) is 101 Å². The average molecular weight is 764 g/mol. The first-order valence-electron chi connectivity index (χ1n) is 18.1. The molecule has 0 aliphatic rings. The van der Waals surface area contributed by atoms with Gasteiger partial charge in [-0.15, -0.1) is 0 Å². The van der Waals surface area contributed by atoms with Gasteiger partial charge in [0.15, 0.2) is 0 Å². The SMILES string of the molecule is COC(=O)[C@@H](N)Cc1cn(CCCNC(=O)[C@H](CC(C)C)NC(=O)[C@H](Cc2ccccc2)NC(=O)CNC(=O)CNC(=O)[C@@H](N)Cc2ccc(O)cc2)cn1. The van der Waals surface area contributed by atoms with Gasteiger partial charge in [0.25, 0.3) is 0 Å². The molecule has 10 N–H and O–H groups in total. The van der Waals surface area contributed by atoms with Crippen molar-refractivity contribution in [3.63, 3.8) is 0 Å². The summed E-state index contributed by atoms with van der Waals surface area (Å²) in [7, 11) is 1.27. The number of aryl methyl sites for hydroxylation is 1. The summed E-state index contributed by atoms with van der Waals surface area (Å²) in [4.78, 5) is 80.6. The van der Waals surface area contributed by atoms with Crippen molar-refractivity contribution in [3.8, 4) is 5.75 Å². The Labute approximate surface area is 320 Å². The summed E-state index contributed by atoms with van der Waals surface area (Å²) in [6.07, 6.45) is 4.83. The number of amides is 5. The molecular weight excluding hydrogens is 710 g/mol. The van der Waals surface area contributed by atoms with Crippen LogP contribution >= 0.6 is 0 Å². The molecule has 0 radical (unpaired) electrons. The normalized spacial score (nSPS) is 13.1. The minimum absolute atomic E-state index is 0.0528. The number of hydrogen-bond donors (Lipinski definition) is 8. The molecule has 0 bridgehead atoms. The zero-order valence-electron chi connectivity index (χ0n) is 31.5. The summed E-state index contributed by atoms with van der Waals surface area (Å²) in [5, 5.41) is 22.6. The van der Waals surface area contributed by atoms with Crippen LogP contribution in [0.4, 0.5) is 0 Å². The fourth-order valence-electron chi connectivity index (χ4n) is 5.49. The monoisotopic (exact) mass is 763 g/mol. The first kappa shape index (κ1) is 43.6. The maximum absolute atomic E-state index is 13.6. The highest BCUT2D eigenvalue weighted by atomic mass is 16.5. The number of nitrogens with two attached hydrogens (primary N) is 2. The van der Waals surface area contributed by atoms with Crippen molar-refractivity contribution in [3.05, 3.63) is 83.9 Å². The number of nitrogens with zero attached hydrogens (tertiary/aromatic N) is 2. The van der Waals surface area contributed by atoms with Gasteiger partial charge < -0.3 is 52.5 Å². The van der Waals surface area contributed by atoms with Crippen molar-refractivity contribution in [2.24, 2.45) is 17.4 Å². The van der Waals surface area contributed by atoms with Crippen LogP contribution in [0.1, 0.15) is 43.5 Å². The van der Waals surface area contributed by atoms with Crippen LogP contribution in [0.15, 0.2) is 67.1 Å². The Kier molecular flexibility index (Phi) is 17.8.